The Kier molecular flexibility index (Phi) is 4.38. The fraction of sp³-hybridized carbons (Fsp3) is 0.727. The van der Waals surface area contributed by atoms with Crippen LogP contribution in [0.15, 0.2) is 11.6 Å². The molecule has 4 rings (SSSR count). The molecule has 6 atom stereocenters. The van der Waals surface area contributed by atoms with Crippen LogP contribution in [0.2, 0.25) is 0 Å². The summed E-state index contributed by atoms with van der Waals surface area (Å²) in [7, 11) is 0. The molecule has 0 heterocycles. The molecule has 0 amide bonds. The molecule has 0 spiro atoms. The van der Waals surface area contributed by atoms with Gasteiger partial charge in [0.1, 0.15) is 0 Å². The molecule has 0 saturated heterocycles. The maximum Gasteiger partial charge on any atom is 0.294 e. The molecule has 3 saturated carbocycles. The Hall–Kier alpha value is -1.08. The first kappa shape index (κ1) is 18.3. The van der Waals surface area contributed by atoms with Crippen molar-refractivity contribution in [2.45, 2.75) is 70.8 Å². The minimum absolute atomic E-state index is 0.0854. The lowest BCUT2D eigenvalue weighted by molar-refractivity contribution is -0.156. The van der Waals surface area contributed by atoms with Crippen LogP contribution >= 0.6 is 15.9 Å². The predicted octanol–water partition coefficient (Wildman–Crippen LogP) is 4.79. The van der Waals surface area contributed by atoms with E-state index < -0.39 is 5.60 Å². The van der Waals surface area contributed by atoms with E-state index in [2.05, 4.69) is 40.5 Å². The van der Waals surface area contributed by atoms with E-state index >= 15 is 0 Å². The van der Waals surface area contributed by atoms with Crippen LogP contribution in [0.25, 0.3) is 0 Å². The summed E-state index contributed by atoms with van der Waals surface area (Å²) in [5, 5.41) is 0. The largest absolute Gasteiger partial charge is 0.447 e. The molecule has 4 aliphatic carbocycles. The summed E-state index contributed by atoms with van der Waals surface area (Å²) in [6, 6.07) is 0. The van der Waals surface area contributed by atoms with Gasteiger partial charge in [-0.2, -0.15) is 0 Å². The van der Waals surface area contributed by atoms with E-state index in [1.807, 2.05) is 6.08 Å². The van der Waals surface area contributed by atoms with E-state index in [0.717, 1.165) is 44.9 Å². The van der Waals surface area contributed by atoms with Gasteiger partial charge in [-0.3, -0.25) is 9.59 Å². The Labute approximate surface area is 164 Å². The summed E-state index contributed by atoms with van der Waals surface area (Å²) < 4.78 is 5.69. The first-order valence-corrected chi connectivity index (χ1v) is 10.7. The Balaban J connectivity index is 1.70. The molecule has 0 unspecified atom stereocenters. The molecule has 140 valence electrons. The van der Waals surface area contributed by atoms with Crippen molar-refractivity contribution in [3.05, 3.63) is 11.6 Å². The van der Waals surface area contributed by atoms with Crippen molar-refractivity contribution in [2.75, 3.05) is 0 Å². The van der Waals surface area contributed by atoms with E-state index in [0.29, 0.717) is 36.4 Å². The molecule has 0 aromatic carbocycles. The normalized spacial score (nSPS) is 46.8. The van der Waals surface area contributed by atoms with Gasteiger partial charge in [0.2, 0.25) is 0 Å². The van der Waals surface area contributed by atoms with E-state index in [-0.39, 0.29) is 10.8 Å². The average molecular weight is 419 g/mol. The molecular weight excluding hydrogens is 392 g/mol. The molecule has 0 bridgehead atoms. The number of ketones is 1. The smallest absolute Gasteiger partial charge is 0.294 e. The van der Waals surface area contributed by atoms with Crippen LogP contribution in [-0.4, -0.2) is 17.9 Å². The highest BCUT2D eigenvalue weighted by Gasteiger charge is 2.65. The van der Waals surface area contributed by atoms with Gasteiger partial charge in [-0.25, -0.2) is 0 Å². The zero-order chi connectivity index (χ0) is 18.6. The minimum atomic E-state index is -0.659. The number of carbonyl (C=O) groups excluding carboxylic acids is 2. The van der Waals surface area contributed by atoms with Crippen molar-refractivity contribution in [1.82, 2.24) is 0 Å². The Bertz CT molecular complexity index is 731. The third-order valence-corrected chi connectivity index (χ3v) is 8.78. The van der Waals surface area contributed by atoms with Crippen LogP contribution in [0.5, 0.6) is 0 Å². The van der Waals surface area contributed by atoms with Crippen LogP contribution in [0.4, 0.5) is 0 Å². The highest BCUT2D eigenvalue weighted by Crippen LogP contribution is 2.68. The molecule has 0 aromatic rings. The molecule has 4 aliphatic rings. The van der Waals surface area contributed by atoms with Crippen LogP contribution in [-0.2, 0) is 14.3 Å². The predicted molar refractivity (Wildman–Crippen MR) is 103 cm³/mol. The molecule has 0 radical (unpaired) electrons. The minimum Gasteiger partial charge on any atom is -0.447 e. The Morgan fingerprint density at radius 3 is 2.65 bits per heavy atom. The highest BCUT2D eigenvalue weighted by atomic mass is 79.9. The van der Waals surface area contributed by atoms with Crippen molar-refractivity contribution < 1.29 is 14.3 Å². The number of allylic oxidation sites excluding steroid dienone is 1. The molecule has 0 aliphatic heterocycles. The summed E-state index contributed by atoms with van der Waals surface area (Å²) in [5.74, 6) is 5.34. The van der Waals surface area contributed by atoms with Crippen LogP contribution < -0.4 is 0 Å². The number of ether oxygens (including phenoxy) is 1. The highest BCUT2D eigenvalue weighted by molar-refractivity contribution is 9.12. The lowest BCUT2D eigenvalue weighted by atomic mass is 9.46. The standard InChI is InChI=1S/C22H27BrO3/c1-20-8-5-16(25)13-15(20)3-4-17-18(20)6-9-21(2)19(17)7-10-22(21,11-12-23)26-14-24/h13-14,17-19H,3-10H2,1-2H3/t17-,18+,19+,20+,21+,22+/m1/s1. The van der Waals surface area contributed by atoms with Crippen molar-refractivity contribution in [2.24, 2.45) is 28.6 Å². The van der Waals surface area contributed by atoms with Gasteiger partial charge >= 0.3 is 0 Å². The summed E-state index contributed by atoms with van der Waals surface area (Å²) in [6.07, 6.45) is 9.91. The van der Waals surface area contributed by atoms with Gasteiger partial charge in [0.15, 0.2) is 11.4 Å². The number of carbonyl (C=O) groups is 2. The molecule has 3 nitrogen and oxygen atoms in total. The van der Waals surface area contributed by atoms with Gasteiger partial charge < -0.3 is 4.74 Å². The van der Waals surface area contributed by atoms with Crippen molar-refractivity contribution in [1.29, 1.82) is 0 Å². The summed E-state index contributed by atoms with van der Waals surface area (Å²) in [5.41, 5.74) is 0.828. The van der Waals surface area contributed by atoms with Crippen LogP contribution in [0, 0.1) is 39.3 Å². The maximum absolute atomic E-state index is 11.9. The summed E-state index contributed by atoms with van der Waals surface area (Å²) in [6.45, 7) is 5.28. The van der Waals surface area contributed by atoms with Gasteiger partial charge in [-0.15, -0.1) is 0 Å². The molecule has 3 fully saturated rings. The van der Waals surface area contributed by atoms with E-state index in [4.69, 9.17) is 4.74 Å². The number of fused-ring (bicyclic) bond motifs is 5. The monoisotopic (exact) mass is 418 g/mol. The van der Waals surface area contributed by atoms with Crippen molar-refractivity contribution >= 4 is 28.2 Å². The lowest BCUT2D eigenvalue weighted by Crippen LogP contribution is -2.55. The number of hydrogen-bond donors (Lipinski definition) is 0. The second kappa shape index (κ2) is 6.23. The van der Waals surface area contributed by atoms with E-state index in [9.17, 15) is 9.59 Å². The topological polar surface area (TPSA) is 43.4 Å². The molecule has 0 aromatic heterocycles. The SMILES string of the molecule is C[C@]12CCC(=O)C=C1CC[C@@H]1[C@@H]2CC[C@@]2(C)[C@H]1CC[C@@]2(C#CBr)OC=O. The fourth-order valence-corrected chi connectivity index (χ4v) is 7.46. The zero-order valence-electron chi connectivity index (χ0n) is 15.6. The Morgan fingerprint density at radius 1 is 1.15 bits per heavy atom. The van der Waals surface area contributed by atoms with Gasteiger partial charge in [0.05, 0.1) is 0 Å². The van der Waals surface area contributed by atoms with Gasteiger partial charge in [-0.1, -0.05) is 19.4 Å². The quantitative estimate of drug-likeness (QED) is 0.478. The third kappa shape index (κ3) is 2.32. The first-order chi connectivity index (χ1) is 12.4. The van der Waals surface area contributed by atoms with E-state index in [1.54, 1.807) is 0 Å². The second-order valence-corrected chi connectivity index (χ2v) is 9.62. The van der Waals surface area contributed by atoms with Gasteiger partial charge in [0, 0.05) is 27.8 Å². The van der Waals surface area contributed by atoms with Crippen LogP contribution in [0.3, 0.4) is 0 Å². The molecule has 4 heteroatoms. The molecular formula is C22H27BrO3. The lowest BCUT2D eigenvalue weighted by Gasteiger charge is -2.58. The fourth-order valence-electron chi connectivity index (χ4n) is 7.14. The van der Waals surface area contributed by atoms with Crippen molar-refractivity contribution in [3.63, 3.8) is 0 Å². The van der Waals surface area contributed by atoms with Gasteiger partial charge in [0.25, 0.3) is 6.47 Å². The van der Waals surface area contributed by atoms with E-state index in [1.165, 1.54) is 5.57 Å². The number of hydrogen-bond acceptors (Lipinski definition) is 3. The average Bonchev–Trinajstić information content (AvgIpc) is 2.89. The first-order valence-electron chi connectivity index (χ1n) is 9.88. The number of halogens is 1. The second-order valence-electron chi connectivity index (χ2n) is 9.22. The third-order valence-electron chi connectivity index (χ3n) is 8.58. The van der Waals surface area contributed by atoms with Crippen molar-refractivity contribution in [3.8, 4) is 10.8 Å². The van der Waals surface area contributed by atoms with Gasteiger partial charge in [-0.05, 0) is 84.9 Å². The summed E-state index contributed by atoms with van der Waals surface area (Å²) >= 11 is 3.24. The molecule has 0 N–H and O–H groups in total. The van der Waals surface area contributed by atoms with Crippen LogP contribution in [0.1, 0.15) is 65.2 Å². The number of rotatable bonds is 2. The molecule has 26 heavy (non-hydrogen) atoms. The maximum atomic E-state index is 11.9. The zero-order valence-corrected chi connectivity index (χ0v) is 17.2. The Morgan fingerprint density at radius 2 is 1.92 bits per heavy atom. The summed E-state index contributed by atoms with van der Waals surface area (Å²) in [4.78, 5) is 26.1.